The number of hydrazine groups is 1. The predicted octanol–water partition coefficient (Wildman–Crippen LogP) is 1.65. The minimum atomic E-state index is 0.615. The monoisotopic (exact) mass is 200 g/mol. The highest BCUT2D eigenvalue weighted by Gasteiger charge is 2.04. The molecule has 0 unspecified atom stereocenters. The molecule has 0 radical (unpaired) electrons. The standard InChI is InChI=1S/C9H13ClN2O/c1-12(11)6-7-5-8(10)3-4-9(7)13-2/h3-5H,6,11H2,1-2H3. The van der Waals surface area contributed by atoms with E-state index in [1.54, 1.807) is 25.2 Å². The summed E-state index contributed by atoms with van der Waals surface area (Å²) in [6.07, 6.45) is 0. The molecule has 1 rings (SSSR count). The summed E-state index contributed by atoms with van der Waals surface area (Å²) in [4.78, 5) is 0. The van der Waals surface area contributed by atoms with E-state index in [2.05, 4.69) is 0 Å². The maximum Gasteiger partial charge on any atom is 0.123 e. The molecule has 0 aliphatic heterocycles. The van der Waals surface area contributed by atoms with Crippen molar-refractivity contribution in [2.45, 2.75) is 6.54 Å². The Kier molecular flexibility index (Phi) is 3.54. The Labute approximate surface area is 83.0 Å². The largest absolute Gasteiger partial charge is 0.496 e. The summed E-state index contributed by atoms with van der Waals surface area (Å²) in [7, 11) is 3.42. The third kappa shape index (κ3) is 2.88. The van der Waals surface area contributed by atoms with E-state index in [0.29, 0.717) is 11.6 Å². The van der Waals surface area contributed by atoms with Crippen LogP contribution in [0.5, 0.6) is 5.75 Å². The summed E-state index contributed by atoms with van der Waals surface area (Å²) in [5, 5.41) is 2.27. The third-order valence-electron chi connectivity index (χ3n) is 1.66. The number of nitrogens with zero attached hydrogens (tertiary/aromatic N) is 1. The number of nitrogens with two attached hydrogens (primary N) is 1. The number of hydrogen-bond donors (Lipinski definition) is 1. The Morgan fingerprint density at radius 2 is 2.23 bits per heavy atom. The normalized spacial score (nSPS) is 10.5. The van der Waals surface area contributed by atoms with E-state index in [0.717, 1.165) is 11.3 Å². The van der Waals surface area contributed by atoms with Crippen molar-refractivity contribution in [2.24, 2.45) is 5.84 Å². The molecule has 0 amide bonds. The molecule has 72 valence electrons. The Morgan fingerprint density at radius 1 is 1.54 bits per heavy atom. The molecule has 0 aliphatic rings. The van der Waals surface area contributed by atoms with Crippen LogP contribution in [0.15, 0.2) is 18.2 Å². The minimum absolute atomic E-state index is 0.615. The van der Waals surface area contributed by atoms with Crippen molar-refractivity contribution in [3.05, 3.63) is 28.8 Å². The van der Waals surface area contributed by atoms with E-state index in [4.69, 9.17) is 22.2 Å². The van der Waals surface area contributed by atoms with Gasteiger partial charge in [0.2, 0.25) is 0 Å². The molecule has 1 aromatic rings. The molecule has 0 saturated carbocycles. The van der Waals surface area contributed by atoms with Gasteiger partial charge in [-0.15, -0.1) is 0 Å². The molecular weight excluding hydrogens is 188 g/mol. The van der Waals surface area contributed by atoms with Gasteiger partial charge in [0.1, 0.15) is 5.75 Å². The van der Waals surface area contributed by atoms with Gasteiger partial charge in [0.15, 0.2) is 0 Å². The molecule has 1 aromatic carbocycles. The fraction of sp³-hybridized carbons (Fsp3) is 0.333. The van der Waals surface area contributed by atoms with Crippen LogP contribution in [0.1, 0.15) is 5.56 Å². The highest BCUT2D eigenvalue weighted by atomic mass is 35.5. The summed E-state index contributed by atoms with van der Waals surface area (Å²) in [6.45, 7) is 0.615. The van der Waals surface area contributed by atoms with Crippen molar-refractivity contribution in [1.29, 1.82) is 0 Å². The molecule has 3 nitrogen and oxygen atoms in total. The first-order chi connectivity index (χ1) is 6.13. The van der Waals surface area contributed by atoms with Crippen molar-refractivity contribution in [2.75, 3.05) is 14.2 Å². The predicted molar refractivity (Wildman–Crippen MR) is 53.7 cm³/mol. The van der Waals surface area contributed by atoms with Crippen LogP contribution in [0.3, 0.4) is 0 Å². The molecule has 2 N–H and O–H groups in total. The second-order valence-corrected chi connectivity index (χ2v) is 3.31. The van der Waals surface area contributed by atoms with Crippen LogP contribution in [-0.2, 0) is 6.54 Å². The van der Waals surface area contributed by atoms with Crippen LogP contribution in [0.4, 0.5) is 0 Å². The van der Waals surface area contributed by atoms with Gasteiger partial charge in [-0.05, 0) is 18.2 Å². The number of halogens is 1. The van der Waals surface area contributed by atoms with Crippen LogP contribution >= 0.6 is 11.6 Å². The van der Waals surface area contributed by atoms with E-state index in [-0.39, 0.29) is 0 Å². The van der Waals surface area contributed by atoms with Gasteiger partial charge in [0.25, 0.3) is 0 Å². The van der Waals surface area contributed by atoms with Gasteiger partial charge < -0.3 is 4.74 Å². The van der Waals surface area contributed by atoms with E-state index in [1.807, 2.05) is 12.1 Å². The van der Waals surface area contributed by atoms with E-state index in [1.165, 1.54) is 0 Å². The van der Waals surface area contributed by atoms with E-state index in [9.17, 15) is 0 Å². The molecule has 0 aliphatic carbocycles. The number of benzene rings is 1. The van der Waals surface area contributed by atoms with Gasteiger partial charge in [0.05, 0.1) is 7.11 Å². The van der Waals surface area contributed by atoms with Crippen molar-refractivity contribution in [3.63, 3.8) is 0 Å². The average Bonchev–Trinajstić information content (AvgIpc) is 2.03. The topological polar surface area (TPSA) is 38.5 Å². The lowest BCUT2D eigenvalue weighted by molar-refractivity contribution is 0.329. The zero-order chi connectivity index (χ0) is 9.84. The van der Waals surface area contributed by atoms with Crippen LogP contribution in [0.25, 0.3) is 0 Å². The van der Waals surface area contributed by atoms with Gasteiger partial charge in [0, 0.05) is 24.2 Å². The number of ether oxygens (including phenoxy) is 1. The third-order valence-corrected chi connectivity index (χ3v) is 1.90. The lowest BCUT2D eigenvalue weighted by Gasteiger charge is -2.13. The smallest absolute Gasteiger partial charge is 0.123 e. The zero-order valence-electron chi connectivity index (χ0n) is 7.75. The van der Waals surface area contributed by atoms with Crippen molar-refractivity contribution in [1.82, 2.24) is 5.01 Å². The minimum Gasteiger partial charge on any atom is -0.496 e. The lowest BCUT2D eigenvalue weighted by atomic mass is 10.2. The Balaban J connectivity index is 2.94. The summed E-state index contributed by atoms with van der Waals surface area (Å²) < 4.78 is 5.16. The second kappa shape index (κ2) is 4.46. The van der Waals surface area contributed by atoms with Crippen LogP contribution in [-0.4, -0.2) is 19.2 Å². The summed E-state index contributed by atoms with van der Waals surface area (Å²) in [5.41, 5.74) is 0.986. The fourth-order valence-electron chi connectivity index (χ4n) is 1.14. The lowest BCUT2D eigenvalue weighted by Crippen LogP contribution is -2.25. The van der Waals surface area contributed by atoms with Gasteiger partial charge in [-0.25, -0.2) is 5.01 Å². The zero-order valence-corrected chi connectivity index (χ0v) is 8.51. The molecule has 0 aromatic heterocycles. The first-order valence-corrected chi connectivity index (χ1v) is 4.29. The van der Waals surface area contributed by atoms with Crippen LogP contribution in [0.2, 0.25) is 5.02 Å². The quantitative estimate of drug-likeness (QED) is 0.596. The summed E-state index contributed by atoms with van der Waals surface area (Å²) in [6, 6.07) is 5.48. The molecular formula is C9H13ClN2O. The first-order valence-electron chi connectivity index (χ1n) is 3.91. The molecule has 0 atom stereocenters. The SMILES string of the molecule is COc1ccc(Cl)cc1CN(C)N. The highest BCUT2D eigenvalue weighted by molar-refractivity contribution is 6.30. The van der Waals surface area contributed by atoms with Crippen LogP contribution in [0, 0.1) is 0 Å². The van der Waals surface area contributed by atoms with Crippen molar-refractivity contribution in [3.8, 4) is 5.75 Å². The van der Waals surface area contributed by atoms with Crippen molar-refractivity contribution < 1.29 is 4.74 Å². The first kappa shape index (κ1) is 10.3. The average molecular weight is 201 g/mol. The fourth-order valence-corrected chi connectivity index (χ4v) is 1.33. The van der Waals surface area contributed by atoms with Gasteiger partial charge in [-0.1, -0.05) is 11.6 Å². The molecule has 13 heavy (non-hydrogen) atoms. The number of methoxy groups -OCH3 is 1. The van der Waals surface area contributed by atoms with Crippen LogP contribution < -0.4 is 10.6 Å². The van der Waals surface area contributed by atoms with Crippen molar-refractivity contribution >= 4 is 11.6 Å². The van der Waals surface area contributed by atoms with E-state index >= 15 is 0 Å². The molecule has 0 heterocycles. The second-order valence-electron chi connectivity index (χ2n) is 2.87. The molecule has 0 fully saturated rings. The molecule has 0 spiro atoms. The maximum absolute atomic E-state index is 5.84. The Bertz CT molecular complexity index is 289. The van der Waals surface area contributed by atoms with Gasteiger partial charge in [-0.2, -0.15) is 0 Å². The maximum atomic E-state index is 5.84. The van der Waals surface area contributed by atoms with Gasteiger partial charge >= 0.3 is 0 Å². The number of hydrogen-bond acceptors (Lipinski definition) is 3. The Hall–Kier alpha value is -0.770. The molecule has 0 bridgehead atoms. The van der Waals surface area contributed by atoms with Gasteiger partial charge in [-0.3, -0.25) is 5.84 Å². The van der Waals surface area contributed by atoms with E-state index < -0.39 is 0 Å². The molecule has 0 saturated heterocycles. The molecule has 4 heteroatoms. The Morgan fingerprint density at radius 3 is 2.77 bits per heavy atom. The summed E-state index contributed by atoms with van der Waals surface area (Å²) in [5.74, 6) is 6.34. The highest BCUT2D eigenvalue weighted by Crippen LogP contribution is 2.22. The number of rotatable bonds is 3. The summed E-state index contributed by atoms with van der Waals surface area (Å²) >= 11 is 5.84.